The minimum Gasteiger partial charge on any atom is -0.496 e. The van der Waals surface area contributed by atoms with E-state index in [4.69, 9.17) is 9.73 Å². The number of fused-ring (bicyclic) bond motifs is 1. The zero-order valence-electron chi connectivity index (χ0n) is 16.1. The third kappa shape index (κ3) is 3.23. The molecule has 0 aliphatic carbocycles. The van der Waals surface area contributed by atoms with Crippen LogP contribution in [-0.4, -0.2) is 52.1 Å². The molecule has 1 saturated heterocycles. The highest BCUT2D eigenvalue weighted by Gasteiger charge is 2.24. The topological polar surface area (TPSA) is 83.7 Å². The number of aliphatic hydroxyl groups is 1. The highest BCUT2D eigenvalue weighted by atomic mass is 16.5. The fraction of sp³-hybridized carbons (Fsp3) is 0.273. The monoisotopic (exact) mass is 387 g/mol. The number of rotatable bonds is 4. The molecule has 7 nitrogen and oxygen atoms in total. The number of pyridine rings is 3. The molecule has 1 N–H and O–H groups in total. The summed E-state index contributed by atoms with van der Waals surface area (Å²) < 4.78 is 5.47. The van der Waals surface area contributed by atoms with E-state index < -0.39 is 0 Å². The van der Waals surface area contributed by atoms with Crippen LogP contribution in [0.5, 0.6) is 5.75 Å². The average molecular weight is 387 g/mol. The largest absolute Gasteiger partial charge is 0.496 e. The van der Waals surface area contributed by atoms with Gasteiger partial charge in [0.1, 0.15) is 11.6 Å². The number of aromatic nitrogens is 3. The predicted octanol–water partition coefficient (Wildman–Crippen LogP) is 2.47. The molecule has 146 valence electrons. The summed E-state index contributed by atoms with van der Waals surface area (Å²) in [6.07, 6.45) is 7.65. The van der Waals surface area contributed by atoms with Gasteiger partial charge in [-0.25, -0.2) is 4.98 Å². The van der Waals surface area contributed by atoms with E-state index in [1.165, 1.54) is 0 Å². The molecule has 1 fully saturated rings. The van der Waals surface area contributed by atoms with Crippen LogP contribution in [0.25, 0.3) is 11.3 Å². The number of aliphatic hydroxyl groups excluding tert-OH is 1. The van der Waals surface area contributed by atoms with Crippen LogP contribution in [0.1, 0.15) is 23.1 Å². The molecule has 1 atom stereocenters. The van der Waals surface area contributed by atoms with Gasteiger partial charge >= 0.3 is 0 Å². The second kappa shape index (κ2) is 7.25. The standard InChI is InChI=1S/C22H21N5O2/c1-29-20-3-5-23-12-18(20)19-9-17-15(10-25-19)11-26-22(17)14-2-6-24-21(8-14)27-7-4-16(28)13-27/h2-3,5-6,8-10,12,16,28H,4,7,11,13H2,1H3/t16-/m0/s1. The maximum absolute atomic E-state index is 9.84. The van der Waals surface area contributed by atoms with Gasteiger partial charge in [-0.05, 0) is 30.7 Å². The quantitative estimate of drug-likeness (QED) is 0.740. The number of nitrogens with zero attached hydrogens (tertiary/aromatic N) is 5. The van der Waals surface area contributed by atoms with Crippen molar-refractivity contribution in [3.63, 3.8) is 0 Å². The molecule has 0 amide bonds. The Morgan fingerprint density at radius 2 is 2.03 bits per heavy atom. The van der Waals surface area contributed by atoms with Crippen molar-refractivity contribution in [2.24, 2.45) is 4.99 Å². The maximum atomic E-state index is 9.84. The SMILES string of the molecule is COc1ccncc1-c1cc2c(cn1)CN=C2c1ccnc(N2CC[C@H](O)C2)c1. The third-order valence-corrected chi connectivity index (χ3v) is 5.43. The molecule has 0 aromatic carbocycles. The second-order valence-corrected chi connectivity index (χ2v) is 7.26. The van der Waals surface area contributed by atoms with Gasteiger partial charge in [-0.2, -0.15) is 0 Å². The first kappa shape index (κ1) is 17.8. The molecule has 2 aliphatic heterocycles. The zero-order valence-corrected chi connectivity index (χ0v) is 16.1. The van der Waals surface area contributed by atoms with Crippen LogP contribution in [0.2, 0.25) is 0 Å². The van der Waals surface area contributed by atoms with Crippen LogP contribution >= 0.6 is 0 Å². The van der Waals surface area contributed by atoms with Crippen LogP contribution in [-0.2, 0) is 6.54 Å². The molecule has 0 radical (unpaired) electrons. The van der Waals surface area contributed by atoms with Gasteiger partial charge in [0.25, 0.3) is 0 Å². The fourth-order valence-corrected chi connectivity index (χ4v) is 3.91. The molecule has 7 heteroatoms. The first-order valence-electron chi connectivity index (χ1n) is 9.64. The number of ether oxygens (including phenoxy) is 1. The Morgan fingerprint density at radius 1 is 1.10 bits per heavy atom. The lowest BCUT2D eigenvalue weighted by atomic mass is 10.00. The Kier molecular flexibility index (Phi) is 4.44. The van der Waals surface area contributed by atoms with Crippen LogP contribution in [0, 0.1) is 0 Å². The van der Waals surface area contributed by atoms with Gasteiger partial charge in [0, 0.05) is 54.6 Å². The van der Waals surface area contributed by atoms with Crippen molar-refractivity contribution in [1.82, 2.24) is 15.0 Å². The van der Waals surface area contributed by atoms with E-state index >= 15 is 0 Å². The number of β-amino-alcohol motifs (C(OH)–C–C–N with tert-alkyl or cyclic N) is 1. The Hall–Kier alpha value is -3.32. The van der Waals surface area contributed by atoms with E-state index in [0.29, 0.717) is 13.1 Å². The summed E-state index contributed by atoms with van der Waals surface area (Å²) in [5.41, 5.74) is 5.78. The van der Waals surface area contributed by atoms with E-state index in [9.17, 15) is 5.11 Å². The summed E-state index contributed by atoms with van der Waals surface area (Å²) in [6, 6.07) is 7.92. The molecule has 2 aliphatic rings. The van der Waals surface area contributed by atoms with Crippen LogP contribution in [0.15, 0.2) is 54.0 Å². The molecule has 5 rings (SSSR count). The summed E-state index contributed by atoms with van der Waals surface area (Å²) >= 11 is 0. The van der Waals surface area contributed by atoms with E-state index in [1.54, 1.807) is 19.5 Å². The van der Waals surface area contributed by atoms with Crippen LogP contribution in [0.4, 0.5) is 5.82 Å². The number of anilines is 1. The summed E-state index contributed by atoms with van der Waals surface area (Å²) in [7, 11) is 1.65. The fourth-order valence-electron chi connectivity index (χ4n) is 3.91. The first-order valence-corrected chi connectivity index (χ1v) is 9.64. The molecular formula is C22H21N5O2. The van der Waals surface area contributed by atoms with Crippen molar-refractivity contribution in [2.45, 2.75) is 19.1 Å². The first-order chi connectivity index (χ1) is 14.2. The van der Waals surface area contributed by atoms with Crippen molar-refractivity contribution < 1.29 is 9.84 Å². The van der Waals surface area contributed by atoms with Crippen molar-refractivity contribution in [3.05, 3.63) is 65.7 Å². The number of hydrogen-bond acceptors (Lipinski definition) is 7. The van der Waals surface area contributed by atoms with Crippen LogP contribution in [0.3, 0.4) is 0 Å². The van der Waals surface area contributed by atoms with Crippen molar-refractivity contribution in [1.29, 1.82) is 0 Å². The lowest BCUT2D eigenvalue weighted by Gasteiger charge is -2.17. The highest BCUT2D eigenvalue weighted by Crippen LogP contribution is 2.31. The van der Waals surface area contributed by atoms with E-state index in [1.807, 2.05) is 24.5 Å². The van der Waals surface area contributed by atoms with Gasteiger partial charge in [0.2, 0.25) is 0 Å². The van der Waals surface area contributed by atoms with Gasteiger partial charge in [-0.3, -0.25) is 15.0 Å². The molecule has 0 bridgehead atoms. The van der Waals surface area contributed by atoms with Crippen molar-refractivity contribution >= 4 is 11.5 Å². The van der Waals surface area contributed by atoms with Crippen LogP contribution < -0.4 is 9.64 Å². The third-order valence-electron chi connectivity index (χ3n) is 5.43. The minimum absolute atomic E-state index is 0.284. The predicted molar refractivity (Wildman–Crippen MR) is 110 cm³/mol. The lowest BCUT2D eigenvalue weighted by Crippen LogP contribution is -2.22. The maximum Gasteiger partial charge on any atom is 0.131 e. The Labute approximate surface area is 168 Å². The van der Waals surface area contributed by atoms with Gasteiger partial charge in [0.15, 0.2) is 0 Å². The molecule has 5 heterocycles. The summed E-state index contributed by atoms with van der Waals surface area (Å²) in [6.45, 7) is 2.05. The minimum atomic E-state index is -0.284. The van der Waals surface area contributed by atoms with Gasteiger partial charge in [-0.15, -0.1) is 0 Å². The average Bonchev–Trinajstić information content (AvgIpc) is 3.39. The molecule has 3 aromatic heterocycles. The Balaban J connectivity index is 1.51. The Bertz CT molecular complexity index is 1100. The number of methoxy groups -OCH3 is 1. The van der Waals surface area contributed by atoms with E-state index in [2.05, 4.69) is 32.0 Å². The van der Waals surface area contributed by atoms with Crippen molar-refractivity contribution in [3.8, 4) is 17.0 Å². The summed E-state index contributed by atoms with van der Waals surface area (Å²) in [5.74, 6) is 1.61. The molecule has 0 spiro atoms. The number of aliphatic imine (C=N–C) groups is 1. The molecule has 0 unspecified atom stereocenters. The molecule has 3 aromatic rings. The summed E-state index contributed by atoms with van der Waals surface area (Å²) in [4.78, 5) is 20.2. The van der Waals surface area contributed by atoms with Gasteiger partial charge in [0.05, 0.1) is 36.7 Å². The number of hydrogen-bond donors (Lipinski definition) is 1. The zero-order chi connectivity index (χ0) is 19.8. The summed E-state index contributed by atoms with van der Waals surface area (Å²) in [5, 5.41) is 9.84. The second-order valence-electron chi connectivity index (χ2n) is 7.26. The normalized spacial score (nSPS) is 17.9. The van der Waals surface area contributed by atoms with Gasteiger partial charge in [-0.1, -0.05) is 0 Å². The molecule has 0 saturated carbocycles. The smallest absolute Gasteiger partial charge is 0.131 e. The highest BCUT2D eigenvalue weighted by molar-refractivity contribution is 6.15. The van der Waals surface area contributed by atoms with E-state index in [0.717, 1.165) is 58.2 Å². The lowest BCUT2D eigenvalue weighted by molar-refractivity contribution is 0.198. The Morgan fingerprint density at radius 3 is 2.86 bits per heavy atom. The van der Waals surface area contributed by atoms with Crippen molar-refractivity contribution in [2.75, 3.05) is 25.1 Å². The van der Waals surface area contributed by atoms with Gasteiger partial charge < -0.3 is 14.7 Å². The van der Waals surface area contributed by atoms with E-state index in [-0.39, 0.29) is 6.10 Å². The molecular weight excluding hydrogens is 366 g/mol. The molecule has 29 heavy (non-hydrogen) atoms.